The monoisotopic (exact) mass is 298 g/mol. The fourth-order valence-electron chi connectivity index (χ4n) is 2.14. The molecule has 3 N–H and O–H groups in total. The first kappa shape index (κ1) is 15.6. The van der Waals surface area contributed by atoms with Crippen molar-refractivity contribution < 1.29 is 14.7 Å². The normalized spacial score (nSPS) is 10.1. The molecule has 0 unspecified atom stereocenters. The Morgan fingerprint density at radius 2 is 1.77 bits per heavy atom. The van der Waals surface area contributed by atoms with Crippen LogP contribution in [0.15, 0.2) is 42.5 Å². The molecular formula is C17H18N2O3. The number of nitrogens with one attached hydrogen (secondary N) is 2. The van der Waals surface area contributed by atoms with Gasteiger partial charge < -0.3 is 15.7 Å². The smallest absolute Gasteiger partial charge is 0.335 e. The van der Waals surface area contributed by atoms with Crippen LogP contribution in [-0.2, 0) is 0 Å². The van der Waals surface area contributed by atoms with Gasteiger partial charge in [-0.05, 0) is 54.8 Å². The Bertz CT molecular complexity index is 694. The molecule has 0 aliphatic heterocycles. The molecule has 0 heterocycles. The number of carboxylic acid groups (broad SMARTS) is 1. The zero-order valence-corrected chi connectivity index (χ0v) is 12.5. The van der Waals surface area contributed by atoms with Crippen molar-refractivity contribution in [2.45, 2.75) is 13.8 Å². The molecule has 114 valence electrons. The quantitative estimate of drug-likeness (QED) is 0.808. The van der Waals surface area contributed by atoms with Crippen LogP contribution < -0.4 is 10.6 Å². The third-order valence-electron chi connectivity index (χ3n) is 3.28. The van der Waals surface area contributed by atoms with Gasteiger partial charge in [-0.3, -0.25) is 0 Å². The van der Waals surface area contributed by atoms with E-state index in [0.717, 1.165) is 16.7 Å². The number of hydrogen-bond acceptors (Lipinski definition) is 2. The van der Waals surface area contributed by atoms with Crippen molar-refractivity contribution in [3.8, 4) is 11.1 Å². The number of aryl methyl sites for hydroxylation is 1. The van der Waals surface area contributed by atoms with Gasteiger partial charge in [0, 0.05) is 12.2 Å². The number of amides is 2. The summed E-state index contributed by atoms with van der Waals surface area (Å²) < 4.78 is 0. The van der Waals surface area contributed by atoms with E-state index < -0.39 is 5.97 Å². The molecule has 0 fully saturated rings. The molecule has 0 aliphatic carbocycles. The third-order valence-corrected chi connectivity index (χ3v) is 3.28. The number of hydrogen-bond donors (Lipinski definition) is 3. The summed E-state index contributed by atoms with van der Waals surface area (Å²) in [7, 11) is 0. The molecule has 0 aromatic heterocycles. The van der Waals surface area contributed by atoms with Gasteiger partial charge in [-0.2, -0.15) is 0 Å². The molecule has 2 aromatic carbocycles. The van der Waals surface area contributed by atoms with E-state index in [1.54, 1.807) is 24.3 Å². The predicted molar refractivity (Wildman–Crippen MR) is 86.3 cm³/mol. The van der Waals surface area contributed by atoms with Crippen molar-refractivity contribution in [3.05, 3.63) is 53.6 Å². The van der Waals surface area contributed by atoms with Gasteiger partial charge in [0.15, 0.2) is 0 Å². The third kappa shape index (κ3) is 3.63. The molecule has 0 aliphatic rings. The van der Waals surface area contributed by atoms with Gasteiger partial charge in [0.05, 0.1) is 5.56 Å². The van der Waals surface area contributed by atoms with E-state index >= 15 is 0 Å². The van der Waals surface area contributed by atoms with E-state index in [9.17, 15) is 9.59 Å². The Morgan fingerprint density at radius 3 is 2.36 bits per heavy atom. The highest BCUT2D eigenvalue weighted by Crippen LogP contribution is 2.27. The first-order valence-electron chi connectivity index (χ1n) is 7.00. The van der Waals surface area contributed by atoms with Crippen molar-refractivity contribution in [2.24, 2.45) is 0 Å². The van der Waals surface area contributed by atoms with Crippen molar-refractivity contribution in [1.29, 1.82) is 0 Å². The minimum absolute atomic E-state index is 0.248. The molecule has 0 spiro atoms. The van der Waals surface area contributed by atoms with Gasteiger partial charge in [0.1, 0.15) is 0 Å². The fraction of sp³-hybridized carbons (Fsp3) is 0.176. The van der Waals surface area contributed by atoms with Gasteiger partial charge >= 0.3 is 12.0 Å². The molecule has 2 amide bonds. The zero-order valence-electron chi connectivity index (χ0n) is 12.5. The Hall–Kier alpha value is -2.82. The van der Waals surface area contributed by atoms with Crippen LogP contribution in [0.3, 0.4) is 0 Å². The lowest BCUT2D eigenvalue weighted by atomic mass is 9.99. The summed E-state index contributed by atoms with van der Waals surface area (Å²) in [6.07, 6.45) is 0. The molecule has 0 saturated heterocycles. The molecule has 5 nitrogen and oxygen atoms in total. The second-order valence-electron chi connectivity index (χ2n) is 4.90. The average molecular weight is 298 g/mol. The van der Waals surface area contributed by atoms with E-state index in [2.05, 4.69) is 10.6 Å². The lowest BCUT2D eigenvalue weighted by Gasteiger charge is -2.11. The van der Waals surface area contributed by atoms with Crippen molar-refractivity contribution in [2.75, 3.05) is 11.9 Å². The van der Waals surface area contributed by atoms with E-state index in [0.29, 0.717) is 12.2 Å². The molecule has 5 heteroatoms. The van der Waals surface area contributed by atoms with Gasteiger partial charge in [0.2, 0.25) is 0 Å². The molecule has 0 atom stereocenters. The predicted octanol–water partition coefficient (Wildman–Crippen LogP) is 3.50. The number of carbonyl (C=O) groups excluding carboxylic acids is 1. The Morgan fingerprint density at radius 1 is 1.09 bits per heavy atom. The fourth-order valence-corrected chi connectivity index (χ4v) is 2.14. The van der Waals surface area contributed by atoms with E-state index in [-0.39, 0.29) is 11.6 Å². The van der Waals surface area contributed by atoms with Crippen LogP contribution in [0.25, 0.3) is 11.1 Å². The maximum absolute atomic E-state index is 11.6. The van der Waals surface area contributed by atoms with Crippen LogP contribution in [0.1, 0.15) is 22.8 Å². The Kier molecular flexibility index (Phi) is 4.78. The zero-order chi connectivity index (χ0) is 16.1. The summed E-state index contributed by atoms with van der Waals surface area (Å²) >= 11 is 0. The second-order valence-corrected chi connectivity index (χ2v) is 4.90. The van der Waals surface area contributed by atoms with Crippen LogP contribution >= 0.6 is 0 Å². The standard InChI is InChI=1S/C17H18N2O3/c1-3-18-17(22)19-14-9-4-11(2)15(10-14)12-5-7-13(8-6-12)16(20)21/h4-10H,3H2,1-2H3,(H,20,21)(H2,18,19,22). The first-order chi connectivity index (χ1) is 10.5. The minimum atomic E-state index is -0.949. The molecule has 22 heavy (non-hydrogen) atoms. The molecule has 0 bridgehead atoms. The highest BCUT2D eigenvalue weighted by atomic mass is 16.4. The number of carbonyl (C=O) groups is 2. The van der Waals surface area contributed by atoms with Crippen LogP contribution in [0, 0.1) is 6.92 Å². The van der Waals surface area contributed by atoms with Gasteiger partial charge in [-0.1, -0.05) is 18.2 Å². The first-order valence-corrected chi connectivity index (χ1v) is 7.00. The summed E-state index contributed by atoms with van der Waals surface area (Å²) in [4.78, 5) is 22.5. The summed E-state index contributed by atoms with van der Waals surface area (Å²) in [5.74, 6) is -0.949. The number of urea groups is 1. The molecule has 2 rings (SSSR count). The molecule has 0 saturated carbocycles. The maximum atomic E-state index is 11.6. The molecular weight excluding hydrogens is 280 g/mol. The van der Waals surface area contributed by atoms with Crippen molar-refractivity contribution >= 4 is 17.7 Å². The van der Waals surface area contributed by atoms with Crippen LogP contribution in [0.4, 0.5) is 10.5 Å². The number of benzene rings is 2. The number of anilines is 1. The van der Waals surface area contributed by atoms with Crippen molar-refractivity contribution in [1.82, 2.24) is 5.32 Å². The van der Waals surface area contributed by atoms with Gasteiger partial charge in [-0.25, -0.2) is 9.59 Å². The average Bonchev–Trinajstić information content (AvgIpc) is 2.49. The minimum Gasteiger partial charge on any atom is -0.478 e. The molecule has 2 aromatic rings. The topological polar surface area (TPSA) is 78.4 Å². The summed E-state index contributed by atoms with van der Waals surface area (Å²) in [6, 6.07) is 12.0. The Labute approximate surface area is 129 Å². The highest BCUT2D eigenvalue weighted by Gasteiger charge is 2.07. The van der Waals surface area contributed by atoms with Crippen LogP contribution in [0.5, 0.6) is 0 Å². The van der Waals surface area contributed by atoms with Crippen LogP contribution in [-0.4, -0.2) is 23.7 Å². The van der Waals surface area contributed by atoms with E-state index in [4.69, 9.17) is 5.11 Å². The van der Waals surface area contributed by atoms with Gasteiger partial charge in [0.25, 0.3) is 0 Å². The number of aromatic carboxylic acids is 1. The number of rotatable bonds is 4. The summed E-state index contributed by atoms with van der Waals surface area (Å²) in [5, 5.41) is 14.4. The molecule has 0 radical (unpaired) electrons. The lowest BCUT2D eigenvalue weighted by Crippen LogP contribution is -2.28. The van der Waals surface area contributed by atoms with E-state index in [1.165, 1.54) is 0 Å². The SMILES string of the molecule is CCNC(=O)Nc1ccc(C)c(-c2ccc(C(=O)O)cc2)c1. The van der Waals surface area contributed by atoms with Crippen LogP contribution in [0.2, 0.25) is 0 Å². The maximum Gasteiger partial charge on any atom is 0.335 e. The van der Waals surface area contributed by atoms with E-state index in [1.807, 2.05) is 32.0 Å². The summed E-state index contributed by atoms with van der Waals surface area (Å²) in [5.41, 5.74) is 3.84. The number of carboxylic acids is 1. The second kappa shape index (κ2) is 6.76. The van der Waals surface area contributed by atoms with Crippen molar-refractivity contribution in [3.63, 3.8) is 0 Å². The summed E-state index contributed by atoms with van der Waals surface area (Å²) in [6.45, 7) is 4.38. The lowest BCUT2D eigenvalue weighted by molar-refractivity contribution is 0.0697. The Balaban J connectivity index is 2.30. The largest absolute Gasteiger partial charge is 0.478 e. The van der Waals surface area contributed by atoms with Gasteiger partial charge in [-0.15, -0.1) is 0 Å². The highest BCUT2D eigenvalue weighted by molar-refractivity contribution is 5.91.